The van der Waals surface area contributed by atoms with Crippen LogP contribution >= 0.6 is 0 Å². The lowest BCUT2D eigenvalue weighted by Gasteiger charge is -2.05. The maximum absolute atomic E-state index is 13.1. The minimum absolute atomic E-state index is 0.0742. The highest BCUT2D eigenvalue weighted by molar-refractivity contribution is 6.03. The van der Waals surface area contributed by atoms with E-state index in [1.54, 1.807) is 6.92 Å². The molecule has 17 heavy (non-hydrogen) atoms. The van der Waals surface area contributed by atoms with Crippen LogP contribution in [0.15, 0.2) is 29.1 Å². The van der Waals surface area contributed by atoms with Crippen LogP contribution in [-0.2, 0) is 4.74 Å². The molecule has 0 bridgehead atoms. The topological polar surface area (TPSA) is 59.2 Å². The number of hydrogen-bond acceptors (Lipinski definition) is 3. The van der Waals surface area contributed by atoms with Crippen molar-refractivity contribution in [3.8, 4) is 0 Å². The number of ether oxygens (including phenoxy) is 1. The summed E-state index contributed by atoms with van der Waals surface area (Å²) in [5.74, 6) is -1.11. The van der Waals surface area contributed by atoms with Crippen molar-refractivity contribution in [2.75, 3.05) is 6.61 Å². The van der Waals surface area contributed by atoms with E-state index in [1.807, 2.05) is 0 Å². The third-order valence-electron chi connectivity index (χ3n) is 2.30. The van der Waals surface area contributed by atoms with Gasteiger partial charge < -0.3 is 9.72 Å². The van der Waals surface area contributed by atoms with Gasteiger partial charge >= 0.3 is 5.97 Å². The summed E-state index contributed by atoms with van der Waals surface area (Å²) in [7, 11) is 0. The quantitative estimate of drug-likeness (QED) is 0.808. The summed E-state index contributed by atoms with van der Waals surface area (Å²) in [5, 5.41) is 0.336. The zero-order valence-corrected chi connectivity index (χ0v) is 9.12. The van der Waals surface area contributed by atoms with Gasteiger partial charge in [0.2, 0.25) is 5.56 Å². The van der Waals surface area contributed by atoms with Crippen LogP contribution in [0.3, 0.4) is 0 Å². The van der Waals surface area contributed by atoms with Crippen molar-refractivity contribution in [1.29, 1.82) is 0 Å². The number of carbonyl (C=O) groups is 1. The Morgan fingerprint density at radius 1 is 1.41 bits per heavy atom. The van der Waals surface area contributed by atoms with Crippen LogP contribution in [-0.4, -0.2) is 17.6 Å². The van der Waals surface area contributed by atoms with Crippen molar-refractivity contribution in [2.24, 2.45) is 0 Å². The second-order valence-electron chi connectivity index (χ2n) is 3.46. The second-order valence-corrected chi connectivity index (χ2v) is 3.46. The molecule has 0 aliphatic rings. The Hall–Kier alpha value is -2.17. The summed E-state index contributed by atoms with van der Waals surface area (Å²) < 4.78 is 17.9. The summed E-state index contributed by atoms with van der Waals surface area (Å²) in [5.41, 5.74) is 0.0548. The van der Waals surface area contributed by atoms with Gasteiger partial charge in [0.15, 0.2) is 0 Å². The van der Waals surface area contributed by atoms with E-state index in [0.717, 1.165) is 6.07 Å². The number of benzene rings is 1. The fourth-order valence-corrected chi connectivity index (χ4v) is 1.60. The maximum atomic E-state index is 13.1. The number of rotatable bonds is 2. The molecule has 2 rings (SSSR count). The lowest BCUT2D eigenvalue weighted by molar-refractivity contribution is 0.0528. The summed E-state index contributed by atoms with van der Waals surface area (Å²) in [6.45, 7) is 1.86. The van der Waals surface area contributed by atoms with Crippen molar-refractivity contribution in [3.63, 3.8) is 0 Å². The third kappa shape index (κ3) is 2.18. The monoisotopic (exact) mass is 235 g/mol. The van der Waals surface area contributed by atoms with Crippen LogP contribution in [0.4, 0.5) is 4.39 Å². The van der Waals surface area contributed by atoms with Crippen LogP contribution in [0, 0.1) is 5.82 Å². The largest absolute Gasteiger partial charge is 0.462 e. The van der Waals surface area contributed by atoms with E-state index in [4.69, 9.17) is 4.74 Å². The standard InChI is InChI=1S/C12H10FNO3/c1-2-17-12(16)9-6-11(15)14-10-4-3-7(13)5-8(9)10/h3-6H,2H2,1H3,(H,14,15). The van der Waals surface area contributed by atoms with Crippen molar-refractivity contribution < 1.29 is 13.9 Å². The Kier molecular flexibility index (Phi) is 2.91. The van der Waals surface area contributed by atoms with Gasteiger partial charge in [-0.2, -0.15) is 0 Å². The van der Waals surface area contributed by atoms with Crippen molar-refractivity contribution >= 4 is 16.9 Å². The van der Waals surface area contributed by atoms with Gasteiger partial charge in [-0.25, -0.2) is 9.18 Å². The number of esters is 1. The molecule has 1 N–H and O–H groups in total. The summed E-state index contributed by atoms with van der Waals surface area (Å²) in [6.07, 6.45) is 0. The van der Waals surface area contributed by atoms with Gasteiger partial charge in [0.05, 0.1) is 12.2 Å². The van der Waals surface area contributed by atoms with Gasteiger partial charge in [-0.3, -0.25) is 4.79 Å². The Balaban J connectivity index is 2.71. The first-order valence-electron chi connectivity index (χ1n) is 5.11. The molecule has 0 fully saturated rings. The Bertz CT molecular complexity index is 633. The van der Waals surface area contributed by atoms with Gasteiger partial charge in [-0.05, 0) is 25.1 Å². The Morgan fingerprint density at radius 3 is 2.88 bits per heavy atom. The number of aromatic amines is 1. The lowest BCUT2D eigenvalue weighted by Crippen LogP contribution is -2.12. The average Bonchev–Trinajstić information content (AvgIpc) is 2.29. The number of fused-ring (bicyclic) bond motifs is 1. The fraction of sp³-hybridized carbons (Fsp3) is 0.167. The molecule has 0 amide bonds. The molecule has 0 spiro atoms. The van der Waals surface area contributed by atoms with E-state index in [9.17, 15) is 14.0 Å². The molecule has 2 aromatic rings. The molecule has 0 atom stereocenters. The van der Waals surface area contributed by atoms with E-state index in [1.165, 1.54) is 18.2 Å². The van der Waals surface area contributed by atoms with Gasteiger partial charge in [0.25, 0.3) is 0 Å². The normalized spacial score (nSPS) is 10.5. The number of pyridine rings is 1. The number of H-pyrrole nitrogens is 1. The molecule has 0 aliphatic carbocycles. The first-order valence-corrected chi connectivity index (χ1v) is 5.11. The van der Waals surface area contributed by atoms with E-state index >= 15 is 0 Å². The molecular weight excluding hydrogens is 225 g/mol. The van der Waals surface area contributed by atoms with Crippen LogP contribution in [0.25, 0.3) is 10.9 Å². The molecule has 1 aromatic heterocycles. The van der Waals surface area contributed by atoms with Gasteiger partial charge in [0.1, 0.15) is 5.82 Å². The number of halogens is 1. The number of hydrogen-bond donors (Lipinski definition) is 1. The minimum Gasteiger partial charge on any atom is -0.462 e. The van der Waals surface area contributed by atoms with Gasteiger partial charge in [-0.1, -0.05) is 0 Å². The molecule has 0 unspecified atom stereocenters. The van der Waals surface area contributed by atoms with Crippen LogP contribution in [0.5, 0.6) is 0 Å². The predicted octanol–water partition coefficient (Wildman–Crippen LogP) is 1.84. The first kappa shape index (κ1) is 11.3. The highest BCUT2D eigenvalue weighted by Gasteiger charge is 2.13. The van der Waals surface area contributed by atoms with E-state index in [-0.39, 0.29) is 12.2 Å². The molecule has 5 heteroatoms. The van der Waals surface area contributed by atoms with Crippen molar-refractivity contribution in [2.45, 2.75) is 6.92 Å². The van der Waals surface area contributed by atoms with Crippen molar-refractivity contribution in [3.05, 3.63) is 46.0 Å². The highest BCUT2D eigenvalue weighted by Crippen LogP contribution is 2.17. The fourth-order valence-electron chi connectivity index (χ4n) is 1.60. The average molecular weight is 235 g/mol. The molecule has 88 valence electrons. The molecule has 4 nitrogen and oxygen atoms in total. The lowest BCUT2D eigenvalue weighted by atomic mass is 10.1. The molecule has 0 aliphatic heterocycles. The Labute approximate surface area is 96.0 Å². The molecule has 1 heterocycles. The number of aromatic nitrogens is 1. The minimum atomic E-state index is -0.630. The predicted molar refractivity (Wildman–Crippen MR) is 60.5 cm³/mol. The zero-order valence-electron chi connectivity index (χ0n) is 9.12. The van der Waals surface area contributed by atoms with Gasteiger partial charge in [-0.15, -0.1) is 0 Å². The highest BCUT2D eigenvalue weighted by atomic mass is 19.1. The van der Waals surface area contributed by atoms with Crippen LogP contribution in [0.2, 0.25) is 0 Å². The van der Waals surface area contributed by atoms with Crippen LogP contribution in [0.1, 0.15) is 17.3 Å². The SMILES string of the molecule is CCOC(=O)c1cc(=O)[nH]c2ccc(F)cc12. The van der Waals surface area contributed by atoms with Crippen LogP contribution < -0.4 is 5.56 Å². The molecule has 1 aromatic carbocycles. The zero-order chi connectivity index (χ0) is 12.4. The smallest absolute Gasteiger partial charge is 0.339 e. The summed E-state index contributed by atoms with van der Waals surface area (Å²) in [6, 6.07) is 4.93. The Morgan fingerprint density at radius 2 is 2.18 bits per heavy atom. The van der Waals surface area contributed by atoms with E-state index in [0.29, 0.717) is 10.9 Å². The van der Waals surface area contributed by atoms with Gasteiger partial charge in [0, 0.05) is 17.0 Å². The molecule has 0 saturated heterocycles. The van der Waals surface area contributed by atoms with Crippen molar-refractivity contribution in [1.82, 2.24) is 4.98 Å². The third-order valence-corrected chi connectivity index (χ3v) is 2.30. The summed E-state index contributed by atoms with van der Waals surface area (Å²) >= 11 is 0. The molecular formula is C12H10FNO3. The first-order chi connectivity index (χ1) is 8.11. The molecule has 0 radical (unpaired) electrons. The second kappa shape index (κ2) is 4.37. The summed E-state index contributed by atoms with van der Waals surface area (Å²) in [4.78, 5) is 25.5. The number of carbonyl (C=O) groups excluding carboxylic acids is 1. The number of nitrogens with one attached hydrogen (secondary N) is 1. The maximum Gasteiger partial charge on any atom is 0.339 e. The molecule has 0 saturated carbocycles. The van der Waals surface area contributed by atoms with E-state index < -0.39 is 17.3 Å². The van der Waals surface area contributed by atoms with E-state index in [2.05, 4.69) is 4.98 Å².